The highest BCUT2D eigenvalue weighted by molar-refractivity contribution is 14.1. The second-order valence-corrected chi connectivity index (χ2v) is 5.26. The van der Waals surface area contributed by atoms with Crippen molar-refractivity contribution in [2.45, 2.75) is 0 Å². The highest BCUT2D eigenvalue weighted by Crippen LogP contribution is 2.19. The first kappa shape index (κ1) is 11.7. The van der Waals surface area contributed by atoms with Crippen molar-refractivity contribution in [1.82, 2.24) is 4.68 Å². The Balaban J connectivity index is 2.24. The highest BCUT2D eigenvalue weighted by atomic mass is 127. The van der Waals surface area contributed by atoms with Gasteiger partial charge >= 0.3 is 0 Å². The Bertz CT molecular complexity index is 511. The predicted octanol–water partition coefficient (Wildman–Crippen LogP) is 3.24. The summed E-state index contributed by atoms with van der Waals surface area (Å²) in [5.41, 5.74) is 3.38. The van der Waals surface area contributed by atoms with E-state index in [0.717, 1.165) is 8.04 Å². The Kier molecular flexibility index (Phi) is 3.65. The summed E-state index contributed by atoms with van der Waals surface area (Å²) < 4.78 is 3.44. The van der Waals surface area contributed by atoms with Gasteiger partial charge in [-0.3, -0.25) is 14.9 Å². The molecule has 3 nitrogen and oxygen atoms in total. The molecule has 1 N–H and O–H groups in total. The number of nitrogens with zero attached hydrogens (tertiary/aromatic N) is 1. The molecular weight excluding hydrogens is 383 g/mol. The zero-order chi connectivity index (χ0) is 11.5. The van der Waals surface area contributed by atoms with E-state index < -0.39 is 0 Å². The van der Waals surface area contributed by atoms with Crippen LogP contribution in [0.3, 0.4) is 0 Å². The van der Waals surface area contributed by atoms with E-state index in [1.165, 1.54) is 0 Å². The molecule has 0 saturated carbocycles. The van der Waals surface area contributed by atoms with Gasteiger partial charge in [-0.1, -0.05) is 0 Å². The summed E-state index contributed by atoms with van der Waals surface area (Å²) in [6.07, 6.45) is 3.55. The van der Waals surface area contributed by atoms with E-state index in [-0.39, 0.29) is 5.91 Å². The van der Waals surface area contributed by atoms with Crippen LogP contribution in [0.25, 0.3) is 0 Å². The van der Waals surface area contributed by atoms with Gasteiger partial charge in [-0.2, -0.15) is 0 Å². The van der Waals surface area contributed by atoms with Crippen LogP contribution in [0.5, 0.6) is 0 Å². The topological polar surface area (TPSA) is 34.0 Å². The van der Waals surface area contributed by atoms with Crippen molar-refractivity contribution >= 4 is 44.4 Å². The second-order valence-electron chi connectivity index (χ2n) is 3.16. The Hall–Kier alpha value is -0.820. The maximum Gasteiger partial charge on any atom is 0.271 e. The SMILES string of the molecule is O=C(Nn1cccc1)c1cc(I)ccc1Br. The van der Waals surface area contributed by atoms with E-state index in [1.54, 1.807) is 17.1 Å². The minimum Gasteiger partial charge on any atom is -0.268 e. The number of hydrogen-bond donors (Lipinski definition) is 1. The smallest absolute Gasteiger partial charge is 0.268 e. The van der Waals surface area contributed by atoms with Crippen molar-refractivity contribution in [3.05, 3.63) is 56.3 Å². The Morgan fingerprint density at radius 3 is 2.69 bits per heavy atom. The number of nitrogens with one attached hydrogen (secondary N) is 1. The Morgan fingerprint density at radius 1 is 1.31 bits per heavy atom. The number of amides is 1. The summed E-state index contributed by atoms with van der Waals surface area (Å²) in [6, 6.07) is 9.35. The average molecular weight is 391 g/mol. The summed E-state index contributed by atoms with van der Waals surface area (Å²) >= 11 is 5.54. The first-order chi connectivity index (χ1) is 7.66. The van der Waals surface area contributed by atoms with Gasteiger partial charge in [-0.15, -0.1) is 0 Å². The van der Waals surface area contributed by atoms with E-state index >= 15 is 0 Å². The fourth-order valence-corrected chi connectivity index (χ4v) is 2.18. The summed E-state index contributed by atoms with van der Waals surface area (Å²) in [7, 11) is 0. The predicted molar refractivity (Wildman–Crippen MR) is 75.0 cm³/mol. The third-order valence-corrected chi connectivity index (χ3v) is 3.37. The number of aromatic nitrogens is 1. The lowest BCUT2D eigenvalue weighted by Crippen LogP contribution is -2.21. The van der Waals surface area contributed by atoms with Crippen molar-refractivity contribution in [2.75, 3.05) is 5.43 Å². The number of rotatable bonds is 2. The van der Waals surface area contributed by atoms with Gasteiger partial charge in [0.25, 0.3) is 5.91 Å². The average Bonchev–Trinajstić information content (AvgIpc) is 2.74. The molecule has 2 rings (SSSR count). The largest absolute Gasteiger partial charge is 0.271 e. The first-order valence-electron chi connectivity index (χ1n) is 4.56. The lowest BCUT2D eigenvalue weighted by Gasteiger charge is -2.07. The zero-order valence-corrected chi connectivity index (χ0v) is 11.9. The molecule has 0 fully saturated rings. The Labute approximate surface area is 115 Å². The minimum atomic E-state index is -0.137. The van der Waals surface area contributed by atoms with Gasteiger partial charge in [0, 0.05) is 20.4 Å². The molecule has 0 unspecified atom stereocenters. The quantitative estimate of drug-likeness (QED) is 0.785. The van der Waals surface area contributed by atoms with Crippen molar-refractivity contribution in [3.8, 4) is 0 Å². The first-order valence-corrected chi connectivity index (χ1v) is 6.43. The lowest BCUT2D eigenvalue weighted by atomic mass is 10.2. The molecule has 1 heterocycles. The molecule has 0 saturated heterocycles. The molecule has 2 aromatic rings. The van der Waals surface area contributed by atoms with Gasteiger partial charge in [0.1, 0.15) is 0 Å². The molecule has 0 aliphatic heterocycles. The molecule has 16 heavy (non-hydrogen) atoms. The molecule has 0 bridgehead atoms. The molecule has 0 spiro atoms. The van der Waals surface area contributed by atoms with Gasteiger partial charge < -0.3 is 0 Å². The van der Waals surface area contributed by atoms with E-state index in [1.807, 2.05) is 30.3 Å². The number of benzene rings is 1. The van der Waals surface area contributed by atoms with Crippen LogP contribution < -0.4 is 5.43 Å². The summed E-state index contributed by atoms with van der Waals surface area (Å²) in [5, 5.41) is 0. The number of carbonyl (C=O) groups excluding carboxylic acids is 1. The van der Waals surface area contributed by atoms with Crippen LogP contribution in [0.2, 0.25) is 0 Å². The third-order valence-electron chi connectivity index (χ3n) is 2.01. The molecule has 0 atom stereocenters. The van der Waals surface area contributed by atoms with Gasteiger partial charge in [0.2, 0.25) is 0 Å². The lowest BCUT2D eigenvalue weighted by molar-refractivity contribution is 0.101. The van der Waals surface area contributed by atoms with Gasteiger partial charge in [-0.05, 0) is 68.9 Å². The number of hydrogen-bond acceptors (Lipinski definition) is 1. The number of halogens is 2. The van der Waals surface area contributed by atoms with E-state index in [0.29, 0.717) is 5.56 Å². The molecule has 0 aliphatic carbocycles. The van der Waals surface area contributed by atoms with Crippen molar-refractivity contribution < 1.29 is 4.79 Å². The van der Waals surface area contributed by atoms with Crippen molar-refractivity contribution in [2.24, 2.45) is 0 Å². The molecule has 0 aliphatic rings. The summed E-state index contributed by atoms with van der Waals surface area (Å²) in [5.74, 6) is -0.137. The van der Waals surface area contributed by atoms with Crippen LogP contribution in [-0.2, 0) is 0 Å². The van der Waals surface area contributed by atoms with Crippen LogP contribution in [0.15, 0.2) is 47.2 Å². The van der Waals surface area contributed by atoms with Crippen LogP contribution in [0.4, 0.5) is 0 Å². The van der Waals surface area contributed by atoms with Gasteiger partial charge in [0.15, 0.2) is 0 Å². The fourth-order valence-electron chi connectivity index (χ4n) is 1.26. The molecule has 1 aromatic carbocycles. The van der Waals surface area contributed by atoms with Crippen LogP contribution in [0.1, 0.15) is 10.4 Å². The highest BCUT2D eigenvalue weighted by Gasteiger charge is 2.10. The maximum absolute atomic E-state index is 11.9. The van der Waals surface area contributed by atoms with Crippen LogP contribution >= 0.6 is 38.5 Å². The molecule has 1 aromatic heterocycles. The summed E-state index contributed by atoms with van der Waals surface area (Å²) in [6.45, 7) is 0. The number of carbonyl (C=O) groups is 1. The Morgan fingerprint density at radius 2 is 2.00 bits per heavy atom. The summed E-state index contributed by atoms with van der Waals surface area (Å²) in [4.78, 5) is 11.9. The van der Waals surface area contributed by atoms with Crippen LogP contribution in [0, 0.1) is 3.57 Å². The normalized spacial score (nSPS) is 10.1. The molecule has 82 valence electrons. The van der Waals surface area contributed by atoms with E-state index in [9.17, 15) is 4.79 Å². The van der Waals surface area contributed by atoms with Crippen molar-refractivity contribution in [3.63, 3.8) is 0 Å². The molecule has 1 amide bonds. The maximum atomic E-state index is 11.9. The van der Waals surface area contributed by atoms with Gasteiger partial charge in [0.05, 0.1) is 5.56 Å². The standard InChI is InChI=1S/C11H8BrIN2O/c12-10-4-3-8(13)7-9(10)11(16)14-15-5-1-2-6-15/h1-7H,(H,14,16). The minimum absolute atomic E-state index is 0.137. The second kappa shape index (κ2) is 5.01. The van der Waals surface area contributed by atoms with Crippen LogP contribution in [-0.4, -0.2) is 10.6 Å². The molecule has 0 radical (unpaired) electrons. The fraction of sp³-hybridized carbons (Fsp3) is 0. The zero-order valence-electron chi connectivity index (χ0n) is 8.15. The van der Waals surface area contributed by atoms with Crippen molar-refractivity contribution in [1.29, 1.82) is 0 Å². The monoisotopic (exact) mass is 390 g/mol. The van der Waals surface area contributed by atoms with E-state index in [4.69, 9.17) is 0 Å². The third kappa shape index (κ3) is 2.65. The van der Waals surface area contributed by atoms with Gasteiger partial charge in [-0.25, -0.2) is 0 Å². The molecule has 5 heteroatoms. The molecular formula is C11H8BrIN2O. The van der Waals surface area contributed by atoms with E-state index in [2.05, 4.69) is 43.9 Å².